The summed E-state index contributed by atoms with van der Waals surface area (Å²) in [6.45, 7) is 2.36. The summed E-state index contributed by atoms with van der Waals surface area (Å²) >= 11 is 0. The Hall–Kier alpha value is -6.58. The van der Waals surface area contributed by atoms with Gasteiger partial charge >= 0.3 is 0 Å². The lowest BCUT2D eigenvalue weighted by Crippen LogP contribution is -2.22. The van der Waals surface area contributed by atoms with Crippen LogP contribution in [0.15, 0.2) is 180 Å². The Morgan fingerprint density at radius 2 is 1.06 bits per heavy atom. The Kier molecular flexibility index (Phi) is 6.62. The third kappa shape index (κ3) is 4.59. The van der Waals surface area contributed by atoms with Crippen LogP contribution in [0.4, 0.5) is 0 Å². The minimum Gasteiger partial charge on any atom is -0.456 e. The van der Waals surface area contributed by atoms with Crippen LogP contribution in [-0.2, 0) is 5.41 Å². The molecule has 0 N–H and O–H groups in total. The highest BCUT2D eigenvalue weighted by Crippen LogP contribution is 2.55. The maximum absolute atomic E-state index is 6.25. The molecule has 0 saturated heterocycles. The van der Waals surface area contributed by atoms with E-state index in [0.29, 0.717) is 5.82 Å². The van der Waals surface area contributed by atoms with Crippen molar-refractivity contribution in [1.82, 2.24) is 9.97 Å². The van der Waals surface area contributed by atoms with Crippen molar-refractivity contribution in [3.05, 3.63) is 193 Å². The molecule has 2 heterocycles. The summed E-state index contributed by atoms with van der Waals surface area (Å²) < 4.78 is 6.25. The second kappa shape index (κ2) is 11.5. The van der Waals surface area contributed by atoms with E-state index in [1.54, 1.807) is 0 Å². The molecule has 1 unspecified atom stereocenters. The number of nitrogens with zero attached hydrogens (tertiary/aromatic N) is 2. The zero-order chi connectivity index (χ0) is 33.9. The van der Waals surface area contributed by atoms with Gasteiger partial charge in [0, 0.05) is 32.9 Å². The van der Waals surface area contributed by atoms with Crippen LogP contribution in [0.2, 0.25) is 0 Å². The first kappa shape index (κ1) is 29.3. The maximum Gasteiger partial charge on any atom is 0.160 e. The van der Waals surface area contributed by atoms with Crippen LogP contribution in [0.1, 0.15) is 23.6 Å². The van der Waals surface area contributed by atoms with Crippen molar-refractivity contribution in [2.45, 2.75) is 12.3 Å². The Morgan fingerprint density at radius 1 is 0.451 bits per heavy atom. The van der Waals surface area contributed by atoms with Crippen molar-refractivity contribution < 1.29 is 4.42 Å². The molecule has 0 spiro atoms. The SMILES string of the molecule is CC1(c2ccccc2)c2ccccc2-c2c(-c3ccc(-c4cc(-c5cccc6oc7ccccc7c56)nc(-c5ccccc5)n4)cc3)cccc21. The number of furan rings is 1. The molecule has 0 bridgehead atoms. The number of benzene rings is 7. The number of hydrogen-bond donors (Lipinski definition) is 0. The van der Waals surface area contributed by atoms with Crippen molar-refractivity contribution in [3.8, 4) is 56.2 Å². The van der Waals surface area contributed by atoms with Gasteiger partial charge in [-0.15, -0.1) is 0 Å². The highest BCUT2D eigenvalue weighted by molar-refractivity contribution is 6.12. The van der Waals surface area contributed by atoms with E-state index in [9.17, 15) is 0 Å². The van der Waals surface area contributed by atoms with Gasteiger partial charge in [0.05, 0.1) is 11.4 Å². The van der Waals surface area contributed by atoms with Crippen molar-refractivity contribution in [2.75, 3.05) is 0 Å². The van der Waals surface area contributed by atoms with Gasteiger partial charge in [-0.2, -0.15) is 0 Å². The van der Waals surface area contributed by atoms with Crippen LogP contribution >= 0.6 is 0 Å². The number of aromatic nitrogens is 2. The molecule has 3 heteroatoms. The summed E-state index contributed by atoms with van der Waals surface area (Å²) in [5.74, 6) is 0.690. The van der Waals surface area contributed by atoms with E-state index >= 15 is 0 Å². The molecule has 9 aromatic rings. The zero-order valence-electron chi connectivity index (χ0n) is 28.0. The molecule has 1 aliphatic rings. The predicted octanol–water partition coefficient (Wildman–Crippen LogP) is 12.4. The number of hydrogen-bond acceptors (Lipinski definition) is 3. The lowest BCUT2D eigenvalue weighted by atomic mass is 9.74. The molecule has 1 atom stereocenters. The van der Waals surface area contributed by atoms with Gasteiger partial charge in [-0.1, -0.05) is 158 Å². The van der Waals surface area contributed by atoms with Crippen molar-refractivity contribution >= 4 is 21.9 Å². The predicted molar refractivity (Wildman–Crippen MR) is 208 cm³/mol. The van der Waals surface area contributed by atoms with Gasteiger partial charge in [-0.05, 0) is 64.1 Å². The summed E-state index contributed by atoms with van der Waals surface area (Å²) in [7, 11) is 0. The van der Waals surface area contributed by atoms with Crippen molar-refractivity contribution in [1.29, 1.82) is 0 Å². The molecule has 3 nitrogen and oxygen atoms in total. The van der Waals surface area contributed by atoms with E-state index in [1.807, 2.05) is 42.5 Å². The molecule has 240 valence electrons. The molecule has 0 amide bonds. The first-order valence-corrected chi connectivity index (χ1v) is 17.4. The van der Waals surface area contributed by atoms with E-state index < -0.39 is 0 Å². The number of fused-ring (bicyclic) bond motifs is 6. The quantitative estimate of drug-likeness (QED) is 0.186. The summed E-state index contributed by atoms with van der Waals surface area (Å²) in [6.07, 6.45) is 0. The third-order valence-corrected chi connectivity index (χ3v) is 10.6. The lowest BCUT2D eigenvalue weighted by molar-refractivity contribution is 0.669. The van der Waals surface area contributed by atoms with Gasteiger partial charge in [0.1, 0.15) is 11.2 Å². The average molecular weight is 653 g/mol. The Morgan fingerprint density at radius 3 is 1.90 bits per heavy atom. The fourth-order valence-electron chi connectivity index (χ4n) is 8.12. The average Bonchev–Trinajstić information content (AvgIpc) is 3.72. The van der Waals surface area contributed by atoms with E-state index in [1.165, 1.54) is 38.9 Å². The van der Waals surface area contributed by atoms with Gasteiger partial charge in [0.2, 0.25) is 0 Å². The van der Waals surface area contributed by atoms with Crippen LogP contribution in [0, 0.1) is 0 Å². The summed E-state index contributed by atoms with van der Waals surface area (Å²) in [5.41, 5.74) is 15.2. The maximum atomic E-state index is 6.25. The highest BCUT2D eigenvalue weighted by Gasteiger charge is 2.41. The molecule has 0 fully saturated rings. The number of rotatable bonds is 5. The number of para-hydroxylation sites is 1. The van der Waals surface area contributed by atoms with E-state index in [2.05, 4.69) is 140 Å². The van der Waals surface area contributed by atoms with Crippen LogP contribution in [0.25, 0.3) is 78.1 Å². The highest BCUT2D eigenvalue weighted by atomic mass is 16.3. The van der Waals surface area contributed by atoms with Gasteiger partial charge < -0.3 is 4.42 Å². The second-order valence-corrected chi connectivity index (χ2v) is 13.4. The van der Waals surface area contributed by atoms with Gasteiger partial charge in [0.15, 0.2) is 5.82 Å². The minimum atomic E-state index is -0.239. The first-order chi connectivity index (χ1) is 25.2. The summed E-state index contributed by atoms with van der Waals surface area (Å²) in [5, 5.41) is 2.14. The van der Waals surface area contributed by atoms with E-state index in [4.69, 9.17) is 14.4 Å². The van der Waals surface area contributed by atoms with Crippen LogP contribution < -0.4 is 0 Å². The molecule has 0 radical (unpaired) electrons. The van der Waals surface area contributed by atoms with Crippen LogP contribution in [-0.4, -0.2) is 9.97 Å². The molecule has 1 aliphatic carbocycles. The Balaban J connectivity index is 1.12. The summed E-state index contributed by atoms with van der Waals surface area (Å²) in [4.78, 5) is 10.3. The smallest absolute Gasteiger partial charge is 0.160 e. The molecule has 7 aromatic carbocycles. The zero-order valence-corrected chi connectivity index (χ0v) is 28.0. The first-order valence-electron chi connectivity index (χ1n) is 17.4. The third-order valence-electron chi connectivity index (χ3n) is 10.6. The monoisotopic (exact) mass is 652 g/mol. The van der Waals surface area contributed by atoms with Gasteiger partial charge in [0.25, 0.3) is 0 Å². The molecule has 0 saturated carbocycles. The fourth-order valence-corrected chi connectivity index (χ4v) is 8.12. The van der Waals surface area contributed by atoms with E-state index in [-0.39, 0.29) is 5.41 Å². The topological polar surface area (TPSA) is 38.9 Å². The van der Waals surface area contributed by atoms with E-state index in [0.717, 1.165) is 50.0 Å². The fraction of sp³-hybridized carbons (Fsp3) is 0.0417. The van der Waals surface area contributed by atoms with Crippen LogP contribution in [0.3, 0.4) is 0 Å². The Bertz CT molecular complexity index is 2750. The van der Waals surface area contributed by atoms with Crippen molar-refractivity contribution in [2.24, 2.45) is 0 Å². The van der Waals surface area contributed by atoms with Crippen molar-refractivity contribution in [3.63, 3.8) is 0 Å². The molecule has 2 aromatic heterocycles. The molecular formula is C48H32N2O. The largest absolute Gasteiger partial charge is 0.456 e. The minimum absolute atomic E-state index is 0.239. The van der Waals surface area contributed by atoms with Crippen LogP contribution in [0.5, 0.6) is 0 Å². The van der Waals surface area contributed by atoms with Gasteiger partial charge in [-0.3, -0.25) is 0 Å². The standard InChI is InChI=1S/C48H32N2O/c1-48(34-16-6-3-7-17-34)39-22-10-8-18-36(39)45-35(20-12-23-40(45)48)31-26-28-32(29-27-31)41-30-42(50-47(49-41)33-14-4-2-5-15-33)37-21-13-25-44-46(37)38-19-9-11-24-43(38)51-44/h2-30H,1H3. The molecule has 10 rings (SSSR count). The Labute approximate surface area is 296 Å². The molecule has 51 heavy (non-hydrogen) atoms. The van der Waals surface area contributed by atoms with Gasteiger partial charge in [-0.25, -0.2) is 9.97 Å². The second-order valence-electron chi connectivity index (χ2n) is 13.4. The normalized spacial score (nSPS) is 14.8. The molecule has 0 aliphatic heterocycles. The summed E-state index contributed by atoms with van der Waals surface area (Å²) in [6, 6.07) is 62.1. The lowest BCUT2D eigenvalue weighted by Gasteiger charge is -2.28. The molecular weight excluding hydrogens is 621 g/mol.